The van der Waals surface area contributed by atoms with Crippen LogP contribution in [0.1, 0.15) is 12.8 Å². The van der Waals surface area contributed by atoms with E-state index in [-0.39, 0.29) is 24.5 Å². The molecule has 0 aromatic heterocycles. The molecule has 1 aliphatic rings. The van der Waals surface area contributed by atoms with Crippen LogP contribution < -0.4 is 10.1 Å². The fourth-order valence-corrected chi connectivity index (χ4v) is 2.58. The number of nitrogens with zero attached hydrogens (tertiary/aromatic N) is 1. The van der Waals surface area contributed by atoms with E-state index in [1.54, 1.807) is 19.2 Å². The molecule has 1 atom stereocenters. The van der Waals surface area contributed by atoms with Crippen molar-refractivity contribution in [3.05, 3.63) is 54.6 Å². The average Bonchev–Trinajstić information content (AvgIpc) is 2.94. The van der Waals surface area contributed by atoms with Crippen molar-refractivity contribution in [3.8, 4) is 11.5 Å². The predicted molar refractivity (Wildman–Crippen MR) is 93.7 cm³/mol. The van der Waals surface area contributed by atoms with Gasteiger partial charge in [0.1, 0.15) is 11.9 Å². The molecule has 130 valence electrons. The van der Waals surface area contributed by atoms with Gasteiger partial charge in [-0.2, -0.15) is 0 Å². The molecule has 0 spiro atoms. The molecule has 2 aromatic carbocycles. The van der Waals surface area contributed by atoms with Crippen LogP contribution in [0.15, 0.2) is 54.6 Å². The Kier molecular flexibility index (Phi) is 5.18. The van der Waals surface area contributed by atoms with Crippen molar-refractivity contribution in [1.82, 2.24) is 4.90 Å². The van der Waals surface area contributed by atoms with Gasteiger partial charge in [0.05, 0.1) is 12.2 Å². The molecule has 1 heterocycles. The van der Waals surface area contributed by atoms with Crippen molar-refractivity contribution in [2.75, 3.05) is 18.9 Å². The number of anilines is 1. The number of ether oxygens (including phenoxy) is 2. The van der Waals surface area contributed by atoms with Gasteiger partial charge in [-0.3, -0.25) is 4.79 Å². The molecule has 3 rings (SSSR count). The van der Waals surface area contributed by atoms with Crippen LogP contribution in [-0.2, 0) is 9.53 Å². The summed E-state index contributed by atoms with van der Waals surface area (Å²) in [5.74, 6) is 1.13. The van der Waals surface area contributed by atoms with Crippen LogP contribution in [0.5, 0.6) is 11.5 Å². The van der Waals surface area contributed by atoms with Gasteiger partial charge in [0.2, 0.25) is 5.91 Å². The number of para-hydroxylation sites is 3. The normalized spacial score (nSPS) is 16.4. The molecule has 2 aromatic rings. The SMILES string of the molecule is CN1CC(CCC(=O)Nc2ccccc2Oc2ccccc2)OC1=O. The average molecular weight is 340 g/mol. The molecular formula is C19H20N2O4. The maximum absolute atomic E-state index is 12.2. The molecule has 2 amide bonds. The standard InChI is InChI=1S/C19H20N2O4/c1-21-13-15(25-19(21)23)11-12-18(22)20-16-9-5-6-10-17(16)24-14-7-3-2-4-8-14/h2-10,15H,11-13H2,1H3,(H,20,22). The van der Waals surface area contributed by atoms with E-state index in [0.29, 0.717) is 30.2 Å². The number of rotatable bonds is 6. The summed E-state index contributed by atoms with van der Waals surface area (Å²) in [5.41, 5.74) is 0.608. The summed E-state index contributed by atoms with van der Waals surface area (Å²) in [6.45, 7) is 0.514. The molecule has 6 nitrogen and oxygen atoms in total. The molecule has 25 heavy (non-hydrogen) atoms. The molecule has 1 fully saturated rings. The van der Waals surface area contributed by atoms with E-state index in [1.165, 1.54) is 4.90 Å². The third kappa shape index (κ3) is 4.50. The number of likely N-dealkylation sites (N-methyl/N-ethyl adjacent to an activating group) is 1. The quantitative estimate of drug-likeness (QED) is 0.871. The first-order chi connectivity index (χ1) is 12.1. The number of hydrogen-bond acceptors (Lipinski definition) is 4. The Morgan fingerprint density at radius 3 is 2.64 bits per heavy atom. The Hall–Kier alpha value is -3.02. The van der Waals surface area contributed by atoms with Gasteiger partial charge in [0.15, 0.2) is 5.75 Å². The highest BCUT2D eigenvalue weighted by atomic mass is 16.6. The molecule has 0 radical (unpaired) electrons. The Balaban J connectivity index is 1.57. The number of nitrogens with one attached hydrogen (secondary N) is 1. The lowest BCUT2D eigenvalue weighted by atomic mass is 10.2. The predicted octanol–water partition coefficient (Wildman–Crippen LogP) is 3.65. The number of cyclic esters (lactones) is 1. The van der Waals surface area contributed by atoms with Gasteiger partial charge < -0.3 is 19.7 Å². The van der Waals surface area contributed by atoms with Crippen LogP contribution >= 0.6 is 0 Å². The van der Waals surface area contributed by atoms with E-state index in [4.69, 9.17) is 9.47 Å². The topological polar surface area (TPSA) is 67.9 Å². The Morgan fingerprint density at radius 1 is 1.20 bits per heavy atom. The zero-order chi connectivity index (χ0) is 17.6. The lowest BCUT2D eigenvalue weighted by molar-refractivity contribution is -0.116. The van der Waals surface area contributed by atoms with Crippen molar-refractivity contribution >= 4 is 17.7 Å². The monoisotopic (exact) mass is 340 g/mol. The summed E-state index contributed by atoms with van der Waals surface area (Å²) < 4.78 is 11.0. The van der Waals surface area contributed by atoms with Crippen molar-refractivity contribution in [2.45, 2.75) is 18.9 Å². The first-order valence-electron chi connectivity index (χ1n) is 8.15. The lowest BCUT2D eigenvalue weighted by Gasteiger charge is -2.13. The van der Waals surface area contributed by atoms with Crippen LogP contribution in [0.25, 0.3) is 0 Å². The third-order valence-corrected chi connectivity index (χ3v) is 3.88. The molecule has 0 aliphatic carbocycles. The Bertz CT molecular complexity index is 748. The highest BCUT2D eigenvalue weighted by Gasteiger charge is 2.28. The van der Waals surface area contributed by atoms with E-state index in [0.717, 1.165) is 0 Å². The van der Waals surface area contributed by atoms with Crippen LogP contribution in [0, 0.1) is 0 Å². The highest BCUT2D eigenvalue weighted by molar-refractivity contribution is 5.92. The highest BCUT2D eigenvalue weighted by Crippen LogP contribution is 2.29. The first kappa shape index (κ1) is 16.8. The molecule has 0 saturated carbocycles. The molecule has 1 aliphatic heterocycles. The van der Waals surface area contributed by atoms with Gasteiger partial charge in [0, 0.05) is 13.5 Å². The van der Waals surface area contributed by atoms with Gasteiger partial charge in [-0.15, -0.1) is 0 Å². The summed E-state index contributed by atoms with van der Waals surface area (Å²) in [5, 5.41) is 2.86. The van der Waals surface area contributed by atoms with Gasteiger partial charge in [-0.05, 0) is 30.7 Å². The van der Waals surface area contributed by atoms with Crippen molar-refractivity contribution in [2.24, 2.45) is 0 Å². The van der Waals surface area contributed by atoms with Crippen LogP contribution in [0.2, 0.25) is 0 Å². The summed E-state index contributed by atoms with van der Waals surface area (Å²) in [6.07, 6.45) is 0.181. The second-order valence-electron chi connectivity index (χ2n) is 5.88. The Morgan fingerprint density at radius 2 is 1.92 bits per heavy atom. The molecule has 1 N–H and O–H groups in total. The first-order valence-corrected chi connectivity index (χ1v) is 8.15. The number of hydrogen-bond donors (Lipinski definition) is 1. The van der Waals surface area contributed by atoms with E-state index in [2.05, 4.69) is 5.32 Å². The number of amides is 2. The van der Waals surface area contributed by atoms with Crippen LogP contribution in [0.3, 0.4) is 0 Å². The number of carbonyl (C=O) groups is 2. The maximum atomic E-state index is 12.2. The van der Waals surface area contributed by atoms with E-state index >= 15 is 0 Å². The van der Waals surface area contributed by atoms with Crippen LogP contribution in [0.4, 0.5) is 10.5 Å². The zero-order valence-corrected chi connectivity index (χ0v) is 14.0. The molecule has 1 saturated heterocycles. The fraction of sp³-hybridized carbons (Fsp3) is 0.263. The summed E-state index contributed by atoms with van der Waals surface area (Å²) in [4.78, 5) is 25.0. The summed E-state index contributed by atoms with van der Waals surface area (Å²) >= 11 is 0. The minimum Gasteiger partial charge on any atom is -0.455 e. The molecule has 1 unspecified atom stereocenters. The lowest BCUT2D eigenvalue weighted by Crippen LogP contribution is -2.20. The second kappa shape index (κ2) is 7.70. The van der Waals surface area contributed by atoms with Crippen molar-refractivity contribution in [1.29, 1.82) is 0 Å². The Labute approximate surface area is 146 Å². The third-order valence-electron chi connectivity index (χ3n) is 3.88. The fourth-order valence-electron chi connectivity index (χ4n) is 2.58. The van der Waals surface area contributed by atoms with Crippen molar-refractivity contribution in [3.63, 3.8) is 0 Å². The summed E-state index contributed by atoms with van der Waals surface area (Å²) in [6, 6.07) is 16.7. The largest absolute Gasteiger partial charge is 0.455 e. The smallest absolute Gasteiger partial charge is 0.409 e. The molecule has 6 heteroatoms. The van der Waals surface area contributed by atoms with Gasteiger partial charge >= 0.3 is 6.09 Å². The molecular weight excluding hydrogens is 320 g/mol. The van der Waals surface area contributed by atoms with E-state index in [1.807, 2.05) is 42.5 Å². The van der Waals surface area contributed by atoms with Crippen LogP contribution in [-0.4, -0.2) is 36.6 Å². The number of benzene rings is 2. The van der Waals surface area contributed by atoms with Gasteiger partial charge in [-0.1, -0.05) is 30.3 Å². The second-order valence-corrected chi connectivity index (χ2v) is 5.88. The zero-order valence-electron chi connectivity index (χ0n) is 14.0. The summed E-state index contributed by atoms with van der Waals surface area (Å²) in [7, 11) is 1.68. The van der Waals surface area contributed by atoms with E-state index in [9.17, 15) is 9.59 Å². The minimum absolute atomic E-state index is 0.144. The van der Waals surface area contributed by atoms with Crippen molar-refractivity contribution < 1.29 is 19.1 Å². The number of carbonyl (C=O) groups excluding carboxylic acids is 2. The maximum Gasteiger partial charge on any atom is 0.409 e. The van der Waals surface area contributed by atoms with Gasteiger partial charge in [-0.25, -0.2) is 4.79 Å². The van der Waals surface area contributed by atoms with Gasteiger partial charge in [0.25, 0.3) is 0 Å². The minimum atomic E-state index is -0.341. The molecule has 0 bridgehead atoms. The van der Waals surface area contributed by atoms with E-state index < -0.39 is 0 Å².